The third-order valence-electron chi connectivity index (χ3n) is 2.73. The van der Waals surface area contributed by atoms with E-state index < -0.39 is 11.9 Å². The van der Waals surface area contributed by atoms with Crippen molar-refractivity contribution in [1.82, 2.24) is 10.6 Å². The van der Waals surface area contributed by atoms with Crippen molar-refractivity contribution in [2.75, 3.05) is 19.3 Å². The average Bonchev–Trinajstić information content (AvgIpc) is 2.33. The van der Waals surface area contributed by atoms with Crippen molar-refractivity contribution >= 4 is 23.8 Å². The van der Waals surface area contributed by atoms with Gasteiger partial charge in [0.05, 0.1) is 5.92 Å². The van der Waals surface area contributed by atoms with Crippen LogP contribution in [0.2, 0.25) is 0 Å². The maximum absolute atomic E-state index is 11.4. The van der Waals surface area contributed by atoms with E-state index in [4.69, 9.17) is 5.11 Å². The second kappa shape index (κ2) is 10.1. The molecule has 0 aliphatic rings. The van der Waals surface area contributed by atoms with E-state index in [-0.39, 0.29) is 12.6 Å². The summed E-state index contributed by atoms with van der Waals surface area (Å²) >= 11 is 1.76. The minimum absolute atomic E-state index is 0.188. The Morgan fingerprint density at radius 1 is 1.28 bits per heavy atom. The summed E-state index contributed by atoms with van der Waals surface area (Å²) in [7, 11) is 0. The molecule has 0 rings (SSSR count). The molecule has 0 bridgehead atoms. The molecule has 0 saturated carbocycles. The number of urea groups is 1. The first-order valence-corrected chi connectivity index (χ1v) is 7.57. The Bertz CT molecular complexity index is 262. The molecule has 0 radical (unpaired) electrons. The monoisotopic (exact) mass is 276 g/mol. The highest BCUT2D eigenvalue weighted by molar-refractivity contribution is 7.99. The molecule has 3 N–H and O–H groups in total. The standard InChI is InChI=1S/C12H24N2O3S/c1-4-5-10(11(15)16)8-14-12(17)13-7-6-9(2)18-3/h9-10H,4-8H2,1-3H3,(H,15,16)(H2,13,14,17). The van der Waals surface area contributed by atoms with Crippen molar-refractivity contribution < 1.29 is 14.7 Å². The number of amides is 2. The highest BCUT2D eigenvalue weighted by Gasteiger charge is 2.16. The summed E-state index contributed by atoms with van der Waals surface area (Å²) in [5.41, 5.74) is 0. The molecule has 2 atom stereocenters. The number of carboxylic acid groups (broad SMARTS) is 1. The number of carbonyl (C=O) groups is 2. The molecule has 0 saturated heterocycles. The molecule has 2 amide bonds. The van der Waals surface area contributed by atoms with E-state index in [2.05, 4.69) is 17.6 Å². The van der Waals surface area contributed by atoms with E-state index in [0.29, 0.717) is 18.2 Å². The highest BCUT2D eigenvalue weighted by Crippen LogP contribution is 2.08. The molecule has 106 valence electrons. The maximum Gasteiger partial charge on any atom is 0.314 e. The number of nitrogens with one attached hydrogen (secondary N) is 2. The molecule has 0 aliphatic heterocycles. The number of rotatable bonds is 9. The first-order chi connectivity index (χ1) is 8.51. The van der Waals surface area contributed by atoms with Crippen LogP contribution in [-0.4, -0.2) is 41.7 Å². The van der Waals surface area contributed by atoms with Gasteiger partial charge in [-0.15, -0.1) is 0 Å². The van der Waals surface area contributed by atoms with Crippen molar-refractivity contribution in [3.63, 3.8) is 0 Å². The van der Waals surface area contributed by atoms with Crippen LogP contribution in [0, 0.1) is 5.92 Å². The van der Waals surface area contributed by atoms with Crippen LogP contribution in [0.4, 0.5) is 4.79 Å². The van der Waals surface area contributed by atoms with Gasteiger partial charge in [0.25, 0.3) is 0 Å². The lowest BCUT2D eigenvalue weighted by molar-refractivity contribution is -0.141. The zero-order valence-corrected chi connectivity index (χ0v) is 12.2. The van der Waals surface area contributed by atoms with Gasteiger partial charge in [0.15, 0.2) is 0 Å². The summed E-state index contributed by atoms with van der Waals surface area (Å²) in [4.78, 5) is 22.3. The van der Waals surface area contributed by atoms with Gasteiger partial charge in [-0.05, 0) is 19.1 Å². The van der Waals surface area contributed by atoms with E-state index in [1.54, 1.807) is 11.8 Å². The summed E-state index contributed by atoms with van der Waals surface area (Å²) in [6.07, 6.45) is 4.32. The Hall–Kier alpha value is -0.910. The molecule has 6 heteroatoms. The van der Waals surface area contributed by atoms with Gasteiger partial charge in [-0.2, -0.15) is 11.8 Å². The molecule has 0 spiro atoms. The molecule has 5 nitrogen and oxygen atoms in total. The zero-order chi connectivity index (χ0) is 14.0. The maximum atomic E-state index is 11.4. The van der Waals surface area contributed by atoms with E-state index >= 15 is 0 Å². The normalized spacial score (nSPS) is 13.7. The lowest BCUT2D eigenvalue weighted by Gasteiger charge is -2.13. The van der Waals surface area contributed by atoms with Gasteiger partial charge in [0.1, 0.15) is 0 Å². The van der Waals surface area contributed by atoms with Gasteiger partial charge in [-0.1, -0.05) is 20.3 Å². The minimum atomic E-state index is -0.854. The molecule has 0 fully saturated rings. The predicted octanol–water partition coefficient (Wildman–Crippen LogP) is 1.93. The van der Waals surface area contributed by atoms with Gasteiger partial charge >= 0.3 is 12.0 Å². The van der Waals surface area contributed by atoms with Crippen LogP contribution < -0.4 is 10.6 Å². The smallest absolute Gasteiger partial charge is 0.314 e. The summed E-state index contributed by atoms with van der Waals surface area (Å²) < 4.78 is 0. The Labute approximate surface area is 113 Å². The number of carbonyl (C=O) groups excluding carboxylic acids is 1. The van der Waals surface area contributed by atoms with Crippen LogP contribution >= 0.6 is 11.8 Å². The Balaban J connectivity index is 3.77. The first-order valence-electron chi connectivity index (χ1n) is 6.28. The summed E-state index contributed by atoms with van der Waals surface area (Å²) in [6.45, 7) is 4.83. The molecule has 0 heterocycles. The lowest BCUT2D eigenvalue weighted by atomic mass is 10.0. The van der Waals surface area contributed by atoms with Gasteiger partial charge in [-0.25, -0.2) is 4.79 Å². The van der Waals surface area contributed by atoms with E-state index in [1.165, 1.54) is 0 Å². The fourth-order valence-electron chi connectivity index (χ4n) is 1.45. The van der Waals surface area contributed by atoms with Crippen LogP contribution in [0.15, 0.2) is 0 Å². The summed E-state index contributed by atoms with van der Waals surface area (Å²) in [5.74, 6) is -1.35. The number of aliphatic carboxylic acids is 1. The van der Waals surface area contributed by atoms with Crippen LogP contribution in [-0.2, 0) is 4.79 Å². The largest absolute Gasteiger partial charge is 0.481 e. The third kappa shape index (κ3) is 8.22. The molecule has 18 heavy (non-hydrogen) atoms. The molecular weight excluding hydrogens is 252 g/mol. The molecule has 0 aliphatic carbocycles. The Morgan fingerprint density at radius 2 is 1.94 bits per heavy atom. The lowest BCUT2D eigenvalue weighted by Crippen LogP contribution is -2.40. The summed E-state index contributed by atoms with van der Waals surface area (Å²) in [5, 5.41) is 14.8. The van der Waals surface area contributed by atoms with Crippen LogP contribution in [0.25, 0.3) is 0 Å². The van der Waals surface area contributed by atoms with E-state index in [9.17, 15) is 9.59 Å². The number of hydrogen-bond acceptors (Lipinski definition) is 3. The average molecular weight is 276 g/mol. The first kappa shape index (κ1) is 17.1. The van der Waals surface area contributed by atoms with Crippen molar-refractivity contribution in [3.8, 4) is 0 Å². The van der Waals surface area contributed by atoms with Crippen molar-refractivity contribution in [2.45, 2.75) is 38.4 Å². The second-order valence-corrected chi connectivity index (χ2v) is 5.57. The van der Waals surface area contributed by atoms with Gasteiger partial charge in [-0.3, -0.25) is 4.79 Å². The van der Waals surface area contributed by atoms with E-state index in [1.807, 2.05) is 13.2 Å². The van der Waals surface area contributed by atoms with Crippen LogP contribution in [0.5, 0.6) is 0 Å². The predicted molar refractivity (Wildman–Crippen MR) is 75.0 cm³/mol. The Kier molecular flexibility index (Phi) is 9.55. The fourth-order valence-corrected chi connectivity index (χ4v) is 1.80. The molecule has 0 aromatic heterocycles. The SMILES string of the molecule is CCCC(CNC(=O)NCCC(C)SC)C(=O)O. The molecule has 0 aromatic rings. The third-order valence-corrected chi connectivity index (χ3v) is 3.77. The minimum Gasteiger partial charge on any atom is -0.481 e. The summed E-state index contributed by atoms with van der Waals surface area (Å²) in [6, 6.07) is -0.286. The molecule has 2 unspecified atom stereocenters. The van der Waals surface area contributed by atoms with Gasteiger partial charge < -0.3 is 15.7 Å². The molecular formula is C12H24N2O3S. The molecule has 0 aromatic carbocycles. The van der Waals surface area contributed by atoms with Gasteiger partial charge in [0, 0.05) is 18.3 Å². The topological polar surface area (TPSA) is 78.4 Å². The zero-order valence-electron chi connectivity index (χ0n) is 11.4. The van der Waals surface area contributed by atoms with Crippen LogP contribution in [0.1, 0.15) is 33.1 Å². The number of thioether (sulfide) groups is 1. The van der Waals surface area contributed by atoms with E-state index in [0.717, 1.165) is 12.8 Å². The highest BCUT2D eigenvalue weighted by atomic mass is 32.2. The number of carboxylic acids is 1. The van der Waals surface area contributed by atoms with Crippen molar-refractivity contribution in [3.05, 3.63) is 0 Å². The second-order valence-electron chi connectivity index (χ2n) is 4.30. The van der Waals surface area contributed by atoms with Crippen LogP contribution in [0.3, 0.4) is 0 Å². The Morgan fingerprint density at radius 3 is 2.44 bits per heavy atom. The van der Waals surface area contributed by atoms with Gasteiger partial charge in [0.2, 0.25) is 0 Å². The number of hydrogen-bond donors (Lipinski definition) is 3. The van der Waals surface area contributed by atoms with Crippen molar-refractivity contribution in [2.24, 2.45) is 5.92 Å². The van der Waals surface area contributed by atoms with Crippen molar-refractivity contribution in [1.29, 1.82) is 0 Å². The fraction of sp³-hybridized carbons (Fsp3) is 0.833. The quantitative estimate of drug-likeness (QED) is 0.601.